The highest BCUT2D eigenvalue weighted by atomic mass is 16.3. The Kier molecular flexibility index (Phi) is 4.60. The zero-order valence-corrected chi connectivity index (χ0v) is 12.0. The predicted molar refractivity (Wildman–Crippen MR) is 82.8 cm³/mol. The summed E-state index contributed by atoms with van der Waals surface area (Å²) in [5, 5.41) is 12.4. The molecular weight excluding hydrogens is 264 g/mol. The molecule has 0 saturated carbocycles. The first-order valence-corrected chi connectivity index (χ1v) is 6.88. The number of hydrogen-bond acceptors (Lipinski definition) is 3. The van der Waals surface area contributed by atoms with Crippen molar-refractivity contribution in [2.45, 2.75) is 18.9 Å². The van der Waals surface area contributed by atoms with Crippen LogP contribution in [0.5, 0.6) is 5.75 Å². The molecule has 2 rings (SSSR count). The number of amides is 1. The summed E-state index contributed by atoms with van der Waals surface area (Å²) in [4.78, 5) is 11.8. The lowest BCUT2D eigenvalue weighted by molar-refractivity contribution is -0.121. The van der Waals surface area contributed by atoms with E-state index in [0.29, 0.717) is 6.42 Å². The number of phenols is 1. The molecule has 4 N–H and O–H groups in total. The molecule has 1 atom stereocenters. The fourth-order valence-corrected chi connectivity index (χ4v) is 2.41. The van der Waals surface area contributed by atoms with Gasteiger partial charge in [-0.1, -0.05) is 42.5 Å². The van der Waals surface area contributed by atoms with Gasteiger partial charge in [0.05, 0.1) is 12.1 Å². The van der Waals surface area contributed by atoms with Gasteiger partial charge in [-0.05, 0) is 36.6 Å². The average Bonchev–Trinajstić information content (AvgIpc) is 2.50. The summed E-state index contributed by atoms with van der Waals surface area (Å²) < 4.78 is 0. The molecule has 0 aromatic heterocycles. The topological polar surface area (TPSA) is 75.3 Å². The quantitative estimate of drug-likeness (QED) is 0.785. The fourth-order valence-electron chi connectivity index (χ4n) is 2.41. The first kappa shape index (κ1) is 15.1. The Hall–Kier alpha value is -2.33. The third kappa shape index (κ3) is 3.83. The molecule has 1 amide bonds. The second-order valence-corrected chi connectivity index (χ2v) is 5.29. The number of nitrogens with two attached hydrogens (primary N) is 1. The van der Waals surface area contributed by atoms with E-state index in [1.165, 1.54) is 0 Å². The van der Waals surface area contributed by atoms with Crippen molar-refractivity contribution in [2.75, 3.05) is 6.54 Å². The maximum atomic E-state index is 11.8. The highest BCUT2D eigenvalue weighted by Gasteiger charge is 2.28. The molecule has 4 nitrogen and oxygen atoms in total. The molecule has 110 valence electrons. The van der Waals surface area contributed by atoms with E-state index in [1.54, 1.807) is 12.1 Å². The molecule has 2 aromatic rings. The maximum Gasteiger partial charge on any atom is 0.234 e. The second kappa shape index (κ2) is 6.41. The monoisotopic (exact) mass is 284 g/mol. The molecule has 0 bridgehead atoms. The number of hydrogen-bond donors (Lipinski definition) is 3. The molecule has 0 aliphatic carbocycles. The van der Waals surface area contributed by atoms with Gasteiger partial charge in [0.2, 0.25) is 5.91 Å². The molecule has 1 unspecified atom stereocenters. The Morgan fingerprint density at radius 1 is 1.14 bits per heavy atom. The summed E-state index contributed by atoms with van der Waals surface area (Å²) >= 11 is 0. The smallest absolute Gasteiger partial charge is 0.234 e. The standard InChI is InChI=1S/C17H20N2O2/c1-17(19-16(21)12-18,14-5-3-2-4-6-14)11-13-7-9-15(20)10-8-13/h2-10,20H,11-12,18H2,1H3,(H,19,21). The average molecular weight is 284 g/mol. The molecule has 0 saturated heterocycles. The zero-order chi connectivity index (χ0) is 15.3. The minimum atomic E-state index is -0.547. The molecule has 21 heavy (non-hydrogen) atoms. The lowest BCUT2D eigenvalue weighted by atomic mass is 9.85. The Bertz CT molecular complexity index is 596. The summed E-state index contributed by atoms with van der Waals surface area (Å²) in [5.74, 6) is 0.0336. The summed E-state index contributed by atoms with van der Waals surface area (Å²) in [6.07, 6.45) is 0.614. The van der Waals surface area contributed by atoms with Crippen LogP contribution in [-0.4, -0.2) is 17.6 Å². The van der Waals surface area contributed by atoms with Crippen LogP contribution in [0.25, 0.3) is 0 Å². The van der Waals surface area contributed by atoms with Crippen LogP contribution in [0.4, 0.5) is 0 Å². The zero-order valence-electron chi connectivity index (χ0n) is 12.0. The second-order valence-electron chi connectivity index (χ2n) is 5.29. The molecule has 0 spiro atoms. The van der Waals surface area contributed by atoms with Crippen molar-refractivity contribution >= 4 is 5.91 Å². The Morgan fingerprint density at radius 3 is 2.33 bits per heavy atom. The first-order chi connectivity index (χ1) is 10.0. The van der Waals surface area contributed by atoms with Gasteiger partial charge in [0.25, 0.3) is 0 Å². The van der Waals surface area contributed by atoms with Crippen molar-refractivity contribution in [3.05, 3.63) is 65.7 Å². The Morgan fingerprint density at radius 2 is 1.76 bits per heavy atom. The highest BCUT2D eigenvalue weighted by molar-refractivity contribution is 5.78. The van der Waals surface area contributed by atoms with Gasteiger partial charge in [0.15, 0.2) is 0 Å². The molecular formula is C17H20N2O2. The predicted octanol–water partition coefficient (Wildman–Crippen LogP) is 1.93. The SMILES string of the molecule is CC(Cc1ccc(O)cc1)(NC(=O)CN)c1ccccc1. The summed E-state index contributed by atoms with van der Waals surface area (Å²) in [6, 6.07) is 16.8. The van der Waals surface area contributed by atoms with E-state index in [4.69, 9.17) is 5.73 Å². The number of rotatable bonds is 5. The third-order valence-electron chi connectivity index (χ3n) is 3.51. The normalized spacial score (nSPS) is 13.4. The van der Waals surface area contributed by atoms with Crippen LogP contribution in [0.3, 0.4) is 0 Å². The van der Waals surface area contributed by atoms with Gasteiger partial charge < -0.3 is 16.2 Å². The fraction of sp³-hybridized carbons (Fsp3) is 0.235. The third-order valence-corrected chi connectivity index (χ3v) is 3.51. The van der Waals surface area contributed by atoms with Crippen molar-refractivity contribution in [3.63, 3.8) is 0 Å². The van der Waals surface area contributed by atoms with Crippen LogP contribution >= 0.6 is 0 Å². The van der Waals surface area contributed by atoms with E-state index in [2.05, 4.69) is 5.32 Å². The summed E-state index contributed by atoms with van der Waals surface area (Å²) in [6.45, 7) is 1.93. The molecule has 0 aliphatic rings. The van der Waals surface area contributed by atoms with Gasteiger partial charge in [-0.2, -0.15) is 0 Å². The van der Waals surface area contributed by atoms with Crippen LogP contribution in [0.1, 0.15) is 18.1 Å². The first-order valence-electron chi connectivity index (χ1n) is 6.88. The Labute approximate surface area is 124 Å². The van der Waals surface area contributed by atoms with Crippen LogP contribution < -0.4 is 11.1 Å². The van der Waals surface area contributed by atoms with E-state index >= 15 is 0 Å². The van der Waals surface area contributed by atoms with E-state index in [9.17, 15) is 9.90 Å². The minimum Gasteiger partial charge on any atom is -0.508 e. The van der Waals surface area contributed by atoms with Gasteiger partial charge in [0.1, 0.15) is 5.75 Å². The highest BCUT2D eigenvalue weighted by Crippen LogP contribution is 2.26. The minimum absolute atomic E-state index is 0.0436. The van der Waals surface area contributed by atoms with Gasteiger partial charge in [0, 0.05) is 0 Å². The Balaban J connectivity index is 2.31. The van der Waals surface area contributed by atoms with Crippen LogP contribution in [0.15, 0.2) is 54.6 Å². The largest absolute Gasteiger partial charge is 0.508 e. The van der Waals surface area contributed by atoms with Crippen molar-refractivity contribution < 1.29 is 9.90 Å². The maximum absolute atomic E-state index is 11.8. The number of carbonyl (C=O) groups is 1. The van der Waals surface area contributed by atoms with Crippen LogP contribution in [-0.2, 0) is 16.8 Å². The number of aromatic hydroxyl groups is 1. The van der Waals surface area contributed by atoms with Crippen molar-refractivity contribution in [3.8, 4) is 5.75 Å². The van der Waals surface area contributed by atoms with Gasteiger partial charge in [-0.25, -0.2) is 0 Å². The van der Waals surface area contributed by atoms with Gasteiger partial charge >= 0.3 is 0 Å². The lowest BCUT2D eigenvalue weighted by Crippen LogP contribution is -2.47. The summed E-state index contributed by atoms with van der Waals surface area (Å²) in [7, 11) is 0. The molecule has 0 heterocycles. The number of nitrogens with one attached hydrogen (secondary N) is 1. The number of carbonyl (C=O) groups excluding carboxylic acids is 1. The van der Waals surface area contributed by atoms with Crippen LogP contribution in [0, 0.1) is 0 Å². The van der Waals surface area contributed by atoms with E-state index in [1.807, 2.05) is 49.4 Å². The van der Waals surface area contributed by atoms with Gasteiger partial charge in [-0.3, -0.25) is 4.79 Å². The number of phenolic OH excluding ortho intramolecular Hbond substituents is 1. The molecule has 0 radical (unpaired) electrons. The molecule has 0 fully saturated rings. The van der Waals surface area contributed by atoms with Crippen molar-refractivity contribution in [2.24, 2.45) is 5.73 Å². The van der Waals surface area contributed by atoms with E-state index in [0.717, 1.165) is 11.1 Å². The van der Waals surface area contributed by atoms with Crippen LogP contribution in [0.2, 0.25) is 0 Å². The van der Waals surface area contributed by atoms with Crippen molar-refractivity contribution in [1.29, 1.82) is 0 Å². The van der Waals surface area contributed by atoms with E-state index in [-0.39, 0.29) is 18.2 Å². The molecule has 4 heteroatoms. The van der Waals surface area contributed by atoms with Crippen molar-refractivity contribution in [1.82, 2.24) is 5.32 Å². The molecule has 2 aromatic carbocycles. The van der Waals surface area contributed by atoms with E-state index < -0.39 is 5.54 Å². The molecule has 0 aliphatic heterocycles. The number of benzene rings is 2. The summed E-state index contributed by atoms with van der Waals surface area (Å²) in [5.41, 5.74) is 6.92. The lowest BCUT2D eigenvalue weighted by Gasteiger charge is -2.31. The van der Waals surface area contributed by atoms with Gasteiger partial charge in [-0.15, -0.1) is 0 Å².